The molecule has 0 N–H and O–H groups in total. The van der Waals surface area contributed by atoms with Gasteiger partial charge in [-0.15, -0.1) is 0 Å². The first kappa shape index (κ1) is 28.4. The first-order valence-electron chi connectivity index (χ1n) is 17.1. The number of nitrogens with zero attached hydrogens (tertiary/aromatic N) is 2. The predicted octanol–water partition coefficient (Wildman–Crippen LogP) is 12.9. The van der Waals surface area contributed by atoms with Gasteiger partial charge >= 0.3 is 0 Å². The van der Waals surface area contributed by atoms with Crippen LogP contribution in [0, 0.1) is 0 Å². The molecule has 0 bridgehead atoms. The van der Waals surface area contributed by atoms with Crippen LogP contribution in [0.1, 0.15) is 0 Å². The molecule has 0 amide bonds. The summed E-state index contributed by atoms with van der Waals surface area (Å²) in [4.78, 5) is 9.72. The van der Waals surface area contributed by atoms with Gasteiger partial charge in [-0.3, -0.25) is 4.98 Å². The lowest BCUT2D eigenvalue weighted by Gasteiger charge is -2.21. The zero-order chi connectivity index (χ0) is 33.0. The Morgan fingerprint density at radius 2 is 0.900 bits per heavy atom. The molecule has 0 saturated heterocycles. The van der Waals surface area contributed by atoms with Gasteiger partial charge in [0.2, 0.25) is 0 Å². The third kappa shape index (κ3) is 4.43. The Morgan fingerprint density at radius 1 is 0.340 bits per heavy atom. The summed E-state index contributed by atoms with van der Waals surface area (Å²) in [6, 6.07) is 61.3. The lowest BCUT2D eigenvalue weighted by molar-refractivity contribution is 1.33. The van der Waals surface area contributed by atoms with E-state index in [1.807, 2.05) is 18.5 Å². The highest BCUT2D eigenvalue weighted by Crippen LogP contribution is 2.48. The van der Waals surface area contributed by atoms with E-state index in [2.05, 4.69) is 169 Å². The molecule has 0 atom stereocenters. The lowest BCUT2D eigenvalue weighted by Crippen LogP contribution is -1.95. The van der Waals surface area contributed by atoms with Crippen LogP contribution >= 0.6 is 0 Å². The second-order valence-corrected chi connectivity index (χ2v) is 12.9. The maximum Gasteiger partial charge on any atom is 0.0788 e. The SMILES string of the molecule is c1ccc(-c2nc3ccccc3c3c2cc(-c2c4ccccc4c(-c4cccc(-c5cccnc5)c4)c4ccccc24)c2ccccc23)cc1. The third-order valence-electron chi connectivity index (χ3n) is 10.1. The minimum atomic E-state index is 1.00. The van der Waals surface area contributed by atoms with Crippen molar-refractivity contribution in [1.82, 2.24) is 9.97 Å². The van der Waals surface area contributed by atoms with Crippen molar-refractivity contribution in [2.45, 2.75) is 0 Å². The molecule has 10 rings (SSSR count). The van der Waals surface area contributed by atoms with Crippen LogP contribution in [0.25, 0.3) is 98.6 Å². The van der Waals surface area contributed by atoms with E-state index in [4.69, 9.17) is 4.98 Å². The van der Waals surface area contributed by atoms with Crippen molar-refractivity contribution in [3.05, 3.63) is 182 Å². The molecule has 0 saturated carbocycles. The summed E-state index contributed by atoms with van der Waals surface area (Å²) in [5.74, 6) is 0. The molecule has 8 aromatic carbocycles. The molecule has 232 valence electrons. The van der Waals surface area contributed by atoms with E-state index < -0.39 is 0 Å². The Labute approximate surface area is 290 Å². The molecular formula is C48H30N2. The predicted molar refractivity (Wildman–Crippen MR) is 211 cm³/mol. The number of para-hydroxylation sites is 1. The third-order valence-corrected chi connectivity index (χ3v) is 10.1. The van der Waals surface area contributed by atoms with E-state index in [0.717, 1.165) is 33.3 Å². The minimum absolute atomic E-state index is 1.00. The average molecular weight is 635 g/mol. The number of fused-ring (bicyclic) bond motifs is 7. The first-order chi connectivity index (χ1) is 24.8. The first-order valence-corrected chi connectivity index (χ1v) is 17.1. The Kier molecular flexibility index (Phi) is 6.53. The molecule has 0 unspecified atom stereocenters. The summed E-state index contributed by atoms with van der Waals surface area (Å²) in [6.07, 6.45) is 3.76. The molecule has 0 aliphatic heterocycles. The van der Waals surface area contributed by atoms with Gasteiger partial charge in [-0.1, -0.05) is 146 Å². The van der Waals surface area contributed by atoms with E-state index >= 15 is 0 Å². The molecular weight excluding hydrogens is 605 g/mol. The zero-order valence-electron chi connectivity index (χ0n) is 27.2. The summed E-state index contributed by atoms with van der Waals surface area (Å²) in [7, 11) is 0. The van der Waals surface area contributed by atoms with E-state index in [9.17, 15) is 0 Å². The quantitative estimate of drug-likeness (QED) is 0.142. The molecule has 2 heterocycles. The fraction of sp³-hybridized carbons (Fsp3) is 0. The summed E-state index contributed by atoms with van der Waals surface area (Å²) >= 11 is 0. The maximum absolute atomic E-state index is 5.32. The van der Waals surface area contributed by atoms with Crippen LogP contribution in [-0.2, 0) is 0 Å². The Bertz CT molecular complexity index is 2850. The van der Waals surface area contributed by atoms with Gasteiger partial charge in [0.25, 0.3) is 0 Å². The van der Waals surface area contributed by atoms with Gasteiger partial charge in [0.1, 0.15) is 0 Å². The highest BCUT2D eigenvalue weighted by molar-refractivity contribution is 6.29. The second kappa shape index (κ2) is 11.5. The Hall–Kier alpha value is -6.64. The van der Waals surface area contributed by atoms with Crippen LogP contribution in [-0.4, -0.2) is 9.97 Å². The van der Waals surface area contributed by atoms with Gasteiger partial charge in [0.05, 0.1) is 11.2 Å². The van der Waals surface area contributed by atoms with Crippen LogP contribution in [0.4, 0.5) is 0 Å². The normalized spacial score (nSPS) is 11.6. The largest absolute Gasteiger partial charge is 0.264 e. The number of aromatic nitrogens is 2. The van der Waals surface area contributed by atoms with Crippen molar-refractivity contribution in [3.63, 3.8) is 0 Å². The van der Waals surface area contributed by atoms with Crippen molar-refractivity contribution >= 4 is 54.0 Å². The van der Waals surface area contributed by atoms with Gasteiger partial charge in [0.15, 0.2) is 0 Å². The van der Waals surface area contributed by atoms with Crippen LogP contribution in [0.3, 0.4) is 0 Å². The van der Waals surface area contributed by atoms with Crippen molar-refractivity contribution < 1.29 is 0 Å². The van der Waals surface area contributed by atoms with E-state index in [1.165, 1.54) is 65.3 Å². The van der Waals surface area contributed by atoms with Crippen LogP contribution in [0.5, 0.6) is 0 Å². The molecule has 2 nitrogen and oxygen atoms in total. The van der Waals surface area contributed by atoms with Crippen molar-refractivity contribution in [1.29, 1.82) is 0 Å². The molecule has 10 aromatic rings. The van der Waals surface area contributed by atoms with Gasteiger partial charge in [-0.2, -0.15) is 0 Å². The van der Waals surface area contributed by atoms with Gasteiger partial charge in [-0.25, -0.2) is 4.98 Å². The van der Waals surface area contributed by atoms with E-state index in [1.54, 1.807) is 0 Å². The van der Waals surface area contributed by atoms with Gasteiger partial charge < -0.3 is 0 Å². The van der Waals surface area contributed by atoms with Gasteiger partial charge in [0, 0.05) is 39.7 Å². The summed E-state index contributed by atoms with van der Waals surface area (Å²) in [5, 5.41) is 11.0. The van der Waals surface area contributed by atoms with Crippen LogP contribution in [0.15, 0.2) is 182 Å². The second-order valence-electron chi connectivity index (χ2n) is 12.9. The van der Waals surface area contributed by atoms with Crippen LogP contribution < -0.4 is 0 Å². The molecule has 0 radical (unpaired) electrons. The number of rotatable bonds is 4. The molecule has 2 aromatic heterocycles. The smallest absolute Gasteiger partial charge is 0.0788 e. The summed E-state index contributed by atoms with van der Waals surface area (Å²) in [5.41, 5.74) is 10.3. The minimum Gasteiger partial charge on any atom is -0.264 e. The topological polar surface area (TPSA) is 25.8 Å². The number of pyridine rings is 2. The fourth-order valence-corrected chi connectivity index (χ4v) is 7.96. The summed E-state index contributed by atoms with van der Waals surface area (Å²) < 4.78 is 0. The number of hydrogen-bond acceptors (Lipinski definition) is 2. The Morgan fingerprint density at radius 3 is 1.60 bits per heavy atom. The van der Waals surface area contributed by atoms with Crippen molar-refractivity contribution in [3.8, 4) is 44.6 Å². The van der Waals surface area contributed by atoms with E-state index in [-0.39, 0.29) is 0 Å². The monoisotopic (exact) mass is 634 g/mol. The van der Waals surface area contributed by atoms with E-state index in [0.29, 0.717) is 0 Å². The highest BCUT2D eigenvalue weighted by atomic mass is 14.7. The summed E-state index contributed by atoms with van der Waals surface area (Å²) in [6.45, 7) is 0. The fourth-order valence-electron chi connectivity index (χ4n) is 7.96. The maximum atomic E-state index is 5.32. The Balaban J connectivity index is 1.35. The molecule has 2 heteroatoms. The molecule has 0 fully saturated rings. The van der Waals surface area contributed by atoms with Crippen LogP contribution in [0.2, 0.25) is 0 Å². The van der Waals surface area contributed by atoms with Gasteiger partial charge in [-0.05, 0) is 84.4 Å². The molecule has 0 spiro atoms. The number of benzene rings is 8. The van der Waals surface area contributed by atoms with Crippen molar-refractivity contribution in [2.24, 2.45) is 0 Å². The standard InChI is InChI=1S/C48H30N2/c1-2-14-31(15-3-1)48-43-29-42(35-19-4-5-20-36(35)47(43)41-25-10-11-26-44(41)50-48)46-39-23-8-6-21-37(39)45(38-22-7-9-24-40(38)46)33-17-12-16-32(28-33)34-18-13-27-49-30-34/h1-30H. The number of hydrogen-bond donors (Lipinski definition) is 0. The zero-order valence-corrected chi connectivity index (χ0v) is 27.2. The molecule has 0 aliphatic carbocycles. The highest BCUT2D eigenvalue weighted by Gasteiger charge is 2.21. The molecule has 0 aliphatic rings. The van der Waals surface area contributed by atoms with Crippen molar-refractivity contribution in [2.75, 3.05) is 0 Å². The lowest BCUT2D eigenvalue weighted by atomic mass is 9.83. The average Bonchev–Trinajstić information content (AvgIpc) is 3.20. The molecule has 50 heavy (non-hydrogen) atoms.